The van der Waals surface area contributed by atoms with Crippen molar-refractivity contribution in [3.8, 4) is 5.75 Å². The van der Waals surface area contributed by atoms with Crippen LogP contribution in [0, 0.1) is 13.8 Å². The van der Waals surface area contributed by atoms with E-state index in [2.05, 4.69) is 18.8 Å². The maximum absolute atomic E-state index is 12.0. The zero-order valence-corrected chi connectivity index (χ0v) is 13.8. The summed E-state index contributed by atoms with van der Waals surface area (Å²) in [4.78, 5) is 26.1. The molecule has 2 aromatic rings. The molecule has 0 amide bonds. The Morgan fingerprint density at radius 1 is 1.29 bits per heavy atom. The van der Waals surface area contributed by atoms with Crippen LogP contribution in [0.4, 0.5) is 0 Å². The number of rotatable bonds is 8. The third-order valence-corrected chi connectivity index (χ3v) is 3.30. The monoisotopic (exact) mass is 330 g/mol. The van der Waals surface area contributed by atoms with Crippen molar-refractivity contribution in [2.75, 3.05) is 6.61 Å². The van der Waals surface area contributed by atoms with Gasteiger partial charge in [-0.3, -0.25) is 14.3 Å². The maximum Gasteiger partial charge on any atom is 0.330 e. The average molecular weight is 330 g/mol. The van der Waals surface area contributed by atoms with E-state index in [1.807, 2.05) is 31.2 Å². The number of nitrogens with zero attached hydrogens (tertiary/aromatic N) is 1. The molecule has 0 spiro atoms. The summed E-state index contributed by atoms with van der Waals surface area (Å²) in [5.74, 6) is 0.763. The first-order chi connectivity index (χ1) is 11.5. The standard InChI is InChI=1S/C18H22N2O4/c1-4-8-23-16-7-5-6-14(10-16)9-15-11-20(12-24-13(2)3)18(22)19-17(15)21/h5-7,10-11,13H,2-4,8-9,12H2,1H3,(H,19,21,22). The number of hydrogen-bond donors (Lipinski definition) is 1. The van der Waals surface area contributed by atoms with Gasteiger partial charge in [0.2, 0.25) is 0 Å². The molecular weight excluding hydrogens is 308 g/mol. The third kappa shape index (κ3) is 5.09. The van der Waals surface area contributed by atoms with Crippen molar-refractivity contribution in [3.05, 3.63) is 76.3 Å². The Balaban J connectivity index is 2.21. The van der Waals surface area contributed by atoms with Gasteiger partial charge in [-0.15, -0.1) is 0 Å². The molecule has 0 aliphatic carbocycles. The topological polar surface area (TPSA) is 73.3 Å². The molecule has 0 atom stereocenters. The highest BCUT2D eigenvalue weighted by Crippen LogP contribution is 2.15. The average Bonchev–Trinajstić information content (AvgIpc) is 2.54. The van der Waals surface area contributed by atoms with Gasteiger partial charge in [0.05, 0.1) is 12.7 Å². The summed E-state index contributed by atoms with van der Waals surface area (Å²) in [6.45, 7) is 9.85. The van der Waals surface area contributed by atoms with E-state index in [1.165, 1.54) is 10.8 Å². The lowest BCUT2D eigenvalue weighted by Gasteiger charge is -2.11. The Morgan fingerprint density at radius 3 is 2.79 bits per heavy atom. The van der Waals surface area contributed by atoms with E-state index < -0.39 is 17.4 Å². The number of hydrogen-bond acceptors (Lipinski definition) is 4. The van der Waals surface area contributed by atoms with Crippen molar-refractivity contribution < 1.29 is 9.47 Å². The predicted molar refractivity (Wildman–Crippen MR) is 91.9 cm³/mol. The van der Waals surface area contributed by atoms with Crippen LogP contribution in [0.5, 0.6) is 5.75 Å². The van der Waals surface area contributed by atoms with Gasteiger partial charge in [-0.05, 0) is 38.0 Å². The zero-order valence-electron chi connectivity index (χ0n) is 13.8. The maximum atomic E-state index is 12.0. The van der Waals surface area contributed by atoms with Crippen LogP contribution in [0.15, 0.2) is 40.1 Å². The molecular formula is C18H22N2O4. The molecule has 0 bridgehead atoms. The van der Waals surface area contributed by atoms with Crippen LogP contribution in [0.3, 0.4) is 0 Å². The first-order valence-electron chi connectivity index (χ1n) is 7.81. The summed E-state index contributed by atoms with van der Waals surface area (Å²) in [5, 5.41) is 0. The molecule has 0 unspecified atom stereocenters. The van der Waals surface area contributed by atoms with E-state index in [9.17, 15) is 9.59 Å². The van der Waals surface area contributed by atoms with Gasteiger partial charge in [0.25, 0.3) is 5.56 Å². The predicted octanol–water partition coefficient (Wildman–Crippen LogP) is 1.93. The molecule has 1 heterocycles. The number of benzene rings is 1. The van der Waals surface area contributed by atoms with E-state index in [4.69, 9.17) is 9.47 Å². The van der Waals surface area contributed by atoms with Crippen LogP contribution >= 0.6 is 0 Å². The Hall–Kier alpha value is -2.34. The van der Waals surface area contributed by atoms with E-state index in [0.717, 1.165) is 17.7 Å². The second-order valence-electron chi connectivity index (χ2n) is 5.47. The van der Waals surface area contributed by atoms with Crippen molar-refractivity contribution >= 4 is 0 Å². The van der Waals surface area contributed by atoms with Gasteiger partial charge in [0.1, 0.15) is 12.5 Å². The summed E-state index contributed by atoms with van der Waals surface area (Å²) in [5.41, 5.74) is 0.462. The van der Waals surface area contributed by atoms with Gasteiger partial charge in [0.15, 0.2) is 0 Å². The number of aromatic nitrogens is 2. The van der Waals surface area contributed by atoms with Crippen LogP contribution in [0.1, 0.15) is 24.5 Å². The summed E-state index contributed by atoms with van der Waals surface area (Å²) in [7, 11) is 0. The highest BCUT2D eigenvalue weighted by atomic mass is 16.5. The minimum absolute atomic E-state index is 0.0140. The molecule has 0 fully saturated rings. The zero-order chi connectivity index (χ0) is 17.5. The molecule has 2 radical (unpaired) electrons. The molecule has 1 aromatic carbocycles. The SMILES string of the molecule is [CH2]C([CH2])OCn1cc(Cc2cccc(OCCC)c2)c(=O)[nH]c1=O. The molecule has 6 nitrogen and oxygen atoms in total. The number of nitrogens with one attached hydrogen (secondary N) is 1. The van der Waals surface area contributed by atoms with Gasteiger partial charge in [0, 0.05) is 18.2 Å². The largest absolute Gasteiger partial charge is 0.494 e. The second kappa shape index (κ2) is 8.49. The third-order valence-electron chi connectivity index (χ3n) is 3.30. The fourth-order valence-electron chi connectivity index (χ4n) is 2.15. The van der Waals surface area contributed by atoms with Crippen LogP contribution in [0.2, 0.25) is 0 Å². The Morgan fingerprint density at radius 2 is 2.08 bits per heavy atom. The lowest BCUT2D eigenvalue weighted by molar-refractivity contribution is 0.0535. The van der Waals surface area contributed by atoms with Crippen molar-refractivity contribution in [2.45, 2.75) is 32.6 Å². The molecule has 24 heavy (non-hydrogen) atoms. The first-order valence-corrected chi connectivity index (χ1v) is 7.81. The summed E-state index contributed by atoms with van der Waals surface area (Å²) >= 11 is 0. The van der Waals surface area contributed by atoms with Crippen LogP contribution in [0.25, 0.3) is 0 Å². The first kappa shape index (κ1) is 18.0. The molecule has 1 aromatic heterocycles. The molecule has 0 saturated carbocycles. The number of H-pyrrole nitrogens is 1. The summed E-state index contributed by atoms with van der Waals surface area (Å²) in [6, 6.07) is 7.56. The lowest BCUT2D eigenvalue weighted by atomic mass is 10.1. The van der Waals surface area contributed by atoms with Crippen LogP contribution < -0.4 is 16.0 Å². The Bertz CT molecular complexity index is 777. The highest BCUT2D eigenvalue weighted by molar-refractivity contribution is 5.31. The Labute approximate surface area is 141 Å². The van der Waals surface area contributed by atoms with Crippen molar-refractivity contribution in [1.29, 1.82) is 0 Å². The fraction of sp³-hybridized carbons (Fsp3) is 0.333. The smallest absolute Gasteiger partial charge is 0.330 e. The van der Waals surface area contributed by atoms with Crippen molar-refractivity contribution in [3.63, 3.8) is 0 Å². The molecule has 2 rings (SSSR count). The van der Waals surface area contributed by atoms with Crippen LogP contribution in [-0.4, -0.2) is 22.3 Å². The van der Waals surface area contributed by atoms with Gasteiger partial charge in [-0.1, -0.05) is 19.1 Å². The van der Waals surface area contributed by atoms with Gasteiger partial charge in [-0.2, -0.15) is 0 Å². The summed E-state index contributed by atoms with van der Waals surface area (Å²) < 4.78 is 12.1. The molecule has 1 N–H and O–H groups in total. The van der Waals surface area contributed by atoms with E-state index in [1.54, 1.807) is 0 Å². The lowest BCUT2D eigenvalue weighted by Crippen LogP contribution is -2.33. The van der Waals surface area contributed by atoms with E-state index >= 15 is 0 Å². The normalized spacial score (nSPS) is 11.0. The van der Waals surface area contributed by atoms with Crippen molar-refractivity contribution in [1.82, 2.24) is 9.55 Å². The summed E-state index contributed by atoms with van der Waals surface area (Å²) in [6.07, 6.45) is 2.31. The molecule has 0 aliphatic rings. The second-order valence-corrected chi connectivity index (χ2v) is 5.47. The molecule has 0 aliphatic heterocycles. The number of aromatic amines is 1. The highest BCUT2D eigenvalue weighted by Gasteiger charge is 2.07. The minimum Gasteiger partial charge on any atom is -0.494 e. The van der Waals surface area contributed by atoms with Gasteiger partial charge in [-0.25, -0.2) is 4.79 Å². The quantitative estimate of drug-likeness (QED) is 0.803. The molecule has 6 heteroatoms. The van der Waals surface area contributed by atoms with Crippen LogP contribution in [-0.2, 0) is 17.9 Å². The number of ether oxygens (including phenoxy) is 2. The van der Waals surface area contributed by atoms with E-state index in [-0.39, 0.29) is 6.73 Å². The van der Waals surface area contributed by atoms with Gasteiger partial charge >= 0.3 is 5.69 Å². The fourth-order valence-corrected chi connectivity index (χ4v) is 2.15. The van der Waals surface area contributed by atoms with Crippen molar-refractivity contribution in [2.24, 2.45) is 0 Å². The molecule has 0 saturated heterocycles. The van der Waals surface area contributed by atoms with E-state index in [0.29, 0.717) is 18.6 Å². The molecule has 128 valence electrons. The Kier molecular flexibility index (Phi) is 6.37. The minimum atomic E-state index is -0.524. The van der Waals surface area contributed by atoms with Gasteiger partial charge < -0.3 is 9.47 Å².